The summed E-state index contributed by atoms with van der Waals surface area (Å²) in [5.74, 6) is 0.832. The Bertz CT molecular complexity index is 1080. The molecule has 27 heavy (non-hydrogen) atoms. The molecule has 0 atom stereocenters. The lowest BCUT2D eigenvalue weighted by molar-refractivity contribution is 0.0458. The molecule has 1 aromatic carbocycles. The molecular formula is C21H20N4O2. The van der Waals surface area contributed by atoms with E-state index in [-0.39, 0.29) is 17.4 Å². The van der Waals surface area contributed by atoms with Gasteiger partial charge in [0.2, 0.25) is 0 Å². The number of likely N-dealkylation sites (tertiary alicyclic amines) is 1. The Balaban J connectivity index is 1.25. The number of aromatic nitrogens is 3. The molecule has 2 aliphatic rings. The van der Waals surface area contributed by atoms with E-state index >= 15 is 0 Å². The first-order valence-electron chi connectivity index (χ1n) is 9.39. The highest BCUT2D eigenvalue weighted by Gasteiger charge is 2.32. The van der Waals surface area contributed by atoms with E-state index in [1.54, 1.807) is 16.9 Å². The van der Waals surface area contributed by atoms with Crippen LogP contribution >= 0.6 is 0 Å². The smallest absolute Gasteiger partial charge is 0.266 e. The molecule has 5 rings (SSSR count). The van der Waals surface area contributed by atoms with E-state index in [4.69, 9.17) is 0 Å². The molecule has 136 valence electrons. The molecule has 1 amide bonds. The van der Waals surface area contributed by atoms with Crippen molar-refractivity contribution in [1.82, 2.24) is 19.7 Å². The summed E-state index contributed by atoms with van der Waals surface area (Å²) in [5.41, 5.74) is 2.52. The summed E-state index contributed by atoms with van der Waals surface area (Å²) in [6.45, 7) is 1.89. The number of hydrogen-bond acceptors (Lipinski definition) is 4. The van der Waals surface area contributed by atoms with Gasteiger partial charge in [-0.2, -0.15) is 5.10 Å². The first kappa shape index (κ1) is 16.2. The second kappa shape index (κ2) is 6.30. The highest BCUT2D eigenvalue weighted by Crippen LogP contribution is 2.38. The maximum atomic E-state index is 12.7. The lowest BCUT2D eigenvalue weighted by Gasteiger charge is -2.39. The zero-order valence-corrected chi connectivity index (χ0v) is 14.9. The SMILES string of the molecule is O=C(c1ccc2ncccc2c1)N1CC(Cn2nc(C3CC3)ccc2=O)C1. The van der Waals surface area contributed by atoms with Crippen LogP contribution in [-0.2, 0) is 6.54 Å². The van der Waals surface area contributed by atoms with Gasteiger partial charge in [0.25, 0.3) is 11.5 Å². The van der Waals surface area contributed by atoms with Crippen molar-refractivity contribution in [2.45, 2.75) is 25.3 Å². The summed E-state index contributed by atoms with van der Waals surface area (Å²) in [5, 5.41) is 5.48. The molecule has 2 aromatic heterocycles. The molecule has 3 heterocycles. The lowest BCUT2D eigenvalue weighted by atomic mass is 9.98. The predicted octanol–water partition coefficient (Wildman–Crippen LogP) is 2.44. The first-order chi connectivity index (χ1) is 13.2. The monoisotopic (exact) mass is 360 g/mol. The van der Waals surface area contributed by atoms with Crippen molar-refractivity contribution in [2.24, 2.45) is 5.92 Å². The maximum absolute atomic E-state index is 12.7. The Kier molecular flexibility index (Phi) is 3.77. The number of rotatable bonds is 4. The third-order valence-electron chi connectivity index (χ3n) is 5.41. The van der Waals surface area contributed by atoms with Gasteiger partial charge in [0.15, 0.2) is 0 Å². The third kappa shape index (κ3) is 3.12. The number of carbonyl (C=O) groups excluding carboxylic acids is 1. The molecule has 0 unspecified atom stereocenters. The normalized spacial score (nSPS) is 17.1. The van der Waals surface area contributed by atoms with Crippen molar-refractivity contribution in [3.8, 4) is 0 Å². The number of fused-ring (bicyclic) bond motifs is 1. The van der Waals surface area contributed by atoms with Gasteiger partial charge < -0.3 is 4.90 Å². The number of hydrogen-bond donors (Lipinski definition) is 0. The Morgan fingerprint density at radius 3 is 2.78 bits per heavy atom. The summed E-state index contributed by atoms with van der Waals surface area (Å²) in [6, 6.07) is 12.9. The van der Waals surface area contributed by atoms with Crippen molar-refractivity contribution in [1.29, 1.82) is 0 Å². The van der Waals surface area contributed by atoms with Crippen molar-refractivity contribution in [3.05, 3.63) is 70.3 Å². The van der Waals surface area contributed by atoms with E-state index in [1.165, 1.54) is 0 Å². The molecule has 0 N–H and O–H groups in total. The van der Waals surface area contributed by atoms with E-state index in [0.29, 0.717) is 31.1 Å². The number of nitrogens with zero attached hydrogens (tertiary/aromatic N) is 4. The fourth-order valence-corrected chi connectivity index (χ4v) is 3.68. The van der Waals surface area contributed by atoms with Gasteiger partial charge in [-0.25, -0.2) is 4.68 Å². The second-order valence-corrected chi connectivity index (χ2v) is 7.54. The number of benzene rings is 1. The Labute approximate surface area is 156 Å². The Morgan fingerprint density at radius 1 is 1.11 bits per heavy atom. The van der Waals surface area contributed by atoms with Gasteiger partial charge in [-0.1, -0.05) is 6.07 Å². The lowest BCUT2D eigenvalue weighted by Crippen LogP contribution is -2.52. The van der Waals surface area contributed by atoms with Crippen LogP contribution in [0.4, 0.5) is 0 Å². The van der Waals surface area contributed by atoms with Gasteiger partial charge in [-0.05, 0) is 43.2 Å². The van der Waals surface area contributed by atoms with Crippen molar-refractivity contribution < 1.29 is 4.79 Å². The predicted molar refractivity (Wildman–Crippen MR) is 102 cm³/mol. The van der Waals surface area contributed by atoms with Crippen LogP contribution in [0, 0.1) is 5.92 Å². The summed E-state index contributed by atoms with van der Waals surface area (Å²) in [7, 11) is 0. The van der Waals surface area contributed by atoms with Gasteiger partial charge in [0.1, 0.15) is 0 Å². The van der Waals surface area contributed by atoms with Gasteiger partial charge >= 0.3 is 0 Å². The molecular weight excluding hydrogens is 340 g/mol. The first-order valence-corrected chi connectivity index (χ1v) is 9.39. The number of pyridine rings is 1. The topological polar surface area (TPSA) is 68.1 Å². The molecule has 0 bridgehead atoms. The third-order valence-corrected chi connectivity index (χ3v) is 5.41. The fraction of sp³-hybridized carbons (Fsp3) is 0.333. The maximum Gasteiger partial charge on any atom is 0.266 e. The molecule has 1 aliphatic heterocycles. The van der Waals surface area contributed by atoms with E-state index in [2.05, 4.69) is 10.1 Å². The summed E-state index contributed by atoms with van der Waals surface area (Å²) >= 11 is 0. The van der Waals surface area contributed by atoms with Crippen molar-refractivity contribution in [3.63, 3.8) is 0 Å². The molecule has 0 radical (unpaired) electrons. The van der Waals surface area contributed by atoms with Gasteiger partial charge in [-0.3, -0.25) is 14.6 Å². The van der Waals surface area contributed by atoms with Gasteiger partial charge in [0, 0.05) is 48.1 Å². The molecule has 2 fully saturated rings. The van der Waals surface area contributed by atoms with Crippen LogP contribution in [-0.4, -0.2) is 38.7 Å². The fourth-order valence-electron chi connectivity index (χ4n) is 3.68. The average Bonchev–Trinajstić information content (AvgIpc) is 3.50. The Morgan fingerprint density at radius 2 is 1.96 bits per heavy atom. The van der Waals surface area contributed by atoms with Crippen LogP contribution in [0.15, 0.2) is 53.5 Å². The van der Waals surface area contributed by atoms with Crippen LogP contribution < -0.4 is 5.56 Å². The molecule has 1 saturated heterocycles. The molecule has 1 aliphatic carbocycles. The molecule has 3 aromatic rings. The van der Waals surface area contributed by atoms with E-state index < -0.39 is 0 Å². The summed E-state index contributed by atoms with van der Waals surface area (Å²) in [4.78, 5) is 30.9. The minimum absolute atomic E-state index is 0.0315. The number of carbonyl (C=O) groups is 1. The minimum Gasteiger partial charge on any atom is -0.338 e. The van der Waals surface area contributed by atoms with Crippen LogP contribution in [0.3, 0.4) is 0 Å². The van der Waals surface area contributed by atoms with Crippen molar-refractivity contribution >= 4 is 16.8 Å². The zero-order chi connectivity index (χ0) is 18.4. The van der Waals surface area contributed by atoms with Gasteiger partial charge in [0.05, 0.1) is 17.8 Å². The standard InChI is InChI=1S/C21H20N4O2/c26-20-8-7-19(15-3-4-15)23-25(20)13-14-11-24(12-14)21(27)17-5-6-18-16(10-17)2-1-9-22-18/h1-2,5-10,14-15H,3-4,11-13H2. The van der Waals surface area contributed by atoms with E-state index in [9.17, 15) is 9.59 Å². The van der Waals surface area contributed by atoms with Crippen molar-refractivity contribution in [2.75, 3.05) is 13.1 Å². The minimum atomic E-state index is -0.0637. The van der Waals surface area contributed by atoms with E-state index in [0.717, 1.165) is 29.4 Å². The highest BCUT2D eigenvalue weighted by atomic mass is 16.2. The quantitative estimate of drug-likeness (QED) is 0.717. The summed E-state index contributed by atoms with van der Waals surface area (Å²) in [6.07, 6.45) is 4.08. The van der Waals surface area contributed by atoms with E-state index in [1.807, 2.05) is 41.3 Å². The largest absolute Gasteiger partial charge is 0.338 e. The molecule has 0 spiro atoms. The summed E-state index contributed by atoms with van der Waals surface area (Å²) < 4.78 is 1.57. The average molecular weight is 360 g/mol. The van der Waals surface area contributed by atoms with Gasteiger partial charge in [-0.15, -0.1) is 0 Å². The van der Waals surface area contributed by atoms with Crippen LogP contribution in [0.2, 0.25) is 0 Å². The van der Waals surface area contributed by atoms with Crippen LogP contribution in [0.25, 0.3) is 10.9 Å². The molecule has 6 nitrogen and oxygen atoms in total. The zero-order valence-electron chi connectivity index (χ0n) is 14.9. The Hall–Kier alpha value is -3.02. The van der Waals surface area contributed by atoms with Crippen LogP contribution in [0.1, 0.15) is 34.8 Å². The molecule has 6 heteroatoms. The number of amides is 1. The molecule has 1 saturated carbocycles. The van der Waals surface area contributed by atoms with Crippen LogP contribution in [0.5, 0.6) is 0 Å². The highest BCUT2D eigenvalue weighted by molar-refractivity contribution is 5.98. The second-order valence-electron chi connectivity index (χ2n) is 7.54.